The monoisotopic (exact) mass is 479 g/mol. The van der Waals surface area contributed by atoms with E-state index in [1.165, 1.54) is 5.56 Å². The second-order valence-electron chi connectivity index (χ2n) is 9.77. The fourth-order valence-electron chi connectivity index (χ4n) is 5.06. The molecule has 1 atom stereocenters. The number of methoxy groups -OCH3 is 2. The standard InChI is InChI=1S/C32H33NO3/c1-21(2)27-20-28-29(18-25(34-5)19-30(28)35-6)31-26(27)16-17-32(36-31,22-10-8-7-9-11-22)23-12-14-24(15-13-23)33(3)4/h7-21H,1-6H3. The summed E-state index contributed by atoms with van der Waals surface area (Å²) in [6, 6.07) is 25.2. The largest absolute Gasteiger partial charge is 0.497 e. The molecule has 0 saturated heterocycles. The molecule has 184 valence electrons. The Morgan fingerprint density at radius 1 is 0.806 bits per heavy atom. The highest BCUT2D eigenvalue weighted by Crippen LogP contribution is 2.49. The van der Waals surface area contributed by atoms with Crippen molar-refractivity contribution in [2.75, 3.05) is 33.2 Å². The lowest BCUT2D eigenvalue weighted by Gasteiger charge is -2.38. The lowest BCUT2D eigenvalue weighted by atomic mass is 9.81. The SMILES string of the molecule is COc1cc(OC)c2cc(C(C)C)c3c(c2c1)OC(c1ccccc1)(c1ccc(N(C)C)cc1)C=C3. The maximum absolute atomic E-state index is 7.18. The summed E-state index contributed by atoms with van der Waals surface area (Å²) in [5.74, 6) is 2.66. The van der Waals surface area contributed by atoms with Crippen LogP contribution in [0.4, 0.5) is 5.69 Å². The van der Waals surface area contributed by atoms with Crippen LogP contribution in [-0.2, 0) is 5.60 Å². The van der Waals surface area contributed by atoms with Gasteiger partial charge in [0.1, 0.15) is 17.2 Å². The van der Waals surface area contributed by atoms with Crippen molar-refractivity contribution in [1.82, 2.24) is 0 Å². The van der Waals surface area contributed by atoms with Gasteiger partial charge in [-0.25, -0.2) is 0 Å². The fourth-order valence-corrected chi connectivity index (χ4v) is 5.06. The first-order chi connectivity index (χ1) is 17.4. The van der Waals surface area contributed by atoms with Gasteiger partial charge in [0.15, 0.2) is 5.60 Å². The third-order valence-corrected chi connectivity index (χ3v) is 7.06. The normalized spacial score (nSPS) is 16.5. The van der Waals surface area contributed by atoms with Crippen molar-refractivity contribution in [2.45, 2.75) is 25.4 Å². The van der Waals surface area contributed by atoms with E-state index >= 15 is 0 Å². The quantitative estimate of drug-likeness (QED) is 0.288. The average molecular weight is 480 g/mol. The first kappa shape index (κ1) is 23.8. The summed E-state index contributed by atoms with van der Waals surface area (Å²) >= 11 is 0. The Kier molecular flexibility index (Phi) is 6.13. The molecule has 0 bridgehead atoms. The summed E-state index contributed by atoms with van der Waals surface area (Å²) in [5, 5.41) is 1.99. The third-order valence-electron chi connectivity index (χ3n) is 7.06. The molecule has 0 amide bonds. The van der Waals surface area contributed by atoms with E-state index in [-0.39, 0.29) is 0 Å². The van der Waals surface area contributed by atoms with Crippen LogP contribution in [0.25, 0.3) is 16.8 Å². The van der Waals surface area contributed by atoms with Crippen LogP contribution in [-0.4, -0.2) is 28.3 Å². The van der Waals surface area contributed by atoms with E-state index in [9.17, 15) is 0 Å². The zero-order valence-electron chi connectivity index (χ0n) is 21.8. The molecule has 36 heavy (non-hydrogen) atoms. The first-order valence-electron chi connectivity index (χ1n) is 12.3. The Bertz CT molecular complexity index is 1420. The molecular formula is C32H33NO3. The number of benzene rings is 4. The number of rotatable bonds is 6. The molecule has 0 fully saturated rings. The van der Waals surface area contributed by atoms with Gasteiger partial charge in [0.2, 0.25) is 0 Å². The van der Waals surface area contributed by atoms with Gasteiger partial charge in [-0.05, 0) is 41.8 Å². The van der Waals surface area contributed by atoms with Crippen molar-refractivity contribution in [1.29, 1.82) is 0 Å². The van der Waals surface area contributed by atoms with Crippen LogP contribution in [0.5, 0.6) is 17.2 Å². The van der Waals surface area contributed by atoms with Crippen molar-refractivity contribution < 1.29 is 14.2 Å². The van der Waals surface area contributed by atoms with Crippen molar-refractivity contribution in [3.8, 4) is 17.2 Å². The van der Waals surface area contributed by atoms with Crippen LogP contribution in [0.15, 0.2) is 78.9 Å². The van der Waals surface area contributed by atoms with Crippen LogP contribution in [0.2, 0.25) is 0 Å². The summed E-state index contributed by atoms with van der Waals surface area (Å²) in [6.45, 7) is 4.43. The molecule has 0 radical (unpaired) electrons. The lowest BCUT2D eigenvalue weighted by Crippen LogP contribution is -2.34. The molecule has 0 saturated carbocycles. The molecule has 1 aliphatic heterocycles. The number of ether oxygens (including phenoxy) is 3. The maximum atomic E-state index is 7.18. The molecular weight excluding hydrogens is 446 g/mol. The van der Waals surface area contributed by atoms with Gasteiger partial charge in [0.05, 0.1) is 14.2 Å². The Labute approximate surface area is 213 Å². The van der Waals surface area contributed by atoms with Gasteiger partial charge in [-0.1, -0.05) is 62.4 Å². The zero-order valence-corrected chi connectivity index (χ0v) is 21.8. The molecule has 0 N–H and O–H groups in total. The van der Waals surface area contributed by atoms with Gasteiger partial charge in [-0.15, -0.1) is 0 Å². The molecule has 4 aromatic carbocycles. The molecule has 5 rings (SSSR count). The predicted molar refractivity (Wildman–Crippen MR) is 149 cm³/mol. The Balaban J connectivity index is 1.81. The molecule has 4 nitrogen and oxygen atoms in total. The van der Waals surface area contributed by atoms with E-state index in [0.717, 1.165) is 50.4 Å². The van der Waals surface area contributed by atoms with Gasteiger partial charge in [-0.3, -0.25) is 0 Å². The van der Waals surface area contributed by atoms with Gasteiger partial charge in [0.25, 0.3) is 0 Å². The van der Waals surface area contributed by atoms with Crippen LogP contribution in [0, 0.1) is 0 Å². The summed E-state index contributed by atoms with van der Waals surface area (Å²) < 4.78 is 18.6. The average Bonchev–Trinajstić information content (AvgIpc) is 2.92. The number of nitrogens with zero attached hydrogens (tertiary/aromatic N) is 1. The van der Waals surface area contributed by atoms with Gasteiger partial charge >= 0.3 is 0 Å². The predicted octanol–water partition coefficient (Wildman–Crippen LogP) is 7.40. The molecule has 1 heterocycles. The summed E-state index contributed by atoms with van der Waals surface area (Å²) in [6.07, 6.45) is 4.43. The summed E-state index contributed by atoms with van der Waals surface area (Å²) in [5.41, 5.74) is 4.83. The Morgan fingerprint density at radius 2 is 1.50 bits per heavy atom. The third kappa shape index (κ3) is 3.87. The van der Waals surface area contributed by atoms with E-state index < -0.39 is 5.60 Å². The topological polar surface area (TPSA) is 30.9 Å². The minimum absolute atomic E-state index is 0.312. The maximum Gasteiger partial charge on any atom is 0.178 e. The van der Waals surface area contributed by atoms with Crippen molar-refractivity contribution >= 4 is 22.5 Å². The Hall–Kier alpha value is -3.92. The van der Waals surface area contributed by atoms with Crippen LogP contribution >= 0.6 is 0 Å². The minimum atomic E-state index is -0.780. The smallest absolute Gasteiger partial charge is 0.178 e. The molecule has 4 heteroatoms. The van der Waals surface area contributed by atoms with Crippen LogP contribution < -0.4 is 19.1 Å². The number of hydrogen-bond acceptors (Lipinski definition) is 4. The Morgan fingerprint density at radius 3 is 2.11 bits per heavy atom. The van der Waals surface area contributed by atoms with Crippen molar-refractivity contribution in [2.24, 2.45) is 0 Å². The number of hydrogen-bond donors (Lipinski definition) is 0. The van der Waals surface area contributed by atoms with E-state index in [1.807, 2.05) is 18.2 Å². The second-order valence-corrected chi connectivity index (χ2v) is 9.77. The first-order valence-corrected chi connectivity index (χ1v) is 12.3. The van der Waals surface area contributed by atoms with Crippen LogP contribution in [0.1, 0.15) is 42.0 Å². The van der Waals surface area contributed by atoms with E-state index in [1.54, 1.807) is 14.2 Å². The molecule has 1 aliphatic rings. The second kappa shape index (κ2) is 9.27. The lowest BCUT2D eigenvalue weighted by molar-refractivity contribution is 0.163. The van der Waals surface area contributed by atoms with Gasteiger partial charge in [-0.2, -0.15) is 0 Å². The van der Waals surface area contributed by atoms with Crippen molar-refractivity contribution in [3.63, 3.8) is 0 Å². The zero-order chi connectivity index (χ0) is 25.4. The highest BCUT2D eigenvalue weighted by atomic mass is 16.5. The van der Waals surface area contributed by atoms with E-state index in [2.05, 4.69) is 99.6 Å². The highest BCUT2D eigenvalue weighted by molar-refractivity contribution is 5.99. The molecule has 0 aliphatic carbocycles. The van der Waals surface area contributed by atoms with E-state index in [0.29, 0.717) is 5.92 Å². The van der Waals surface area contributed by atoms with Crippen LogP contribution in [0.3, 0.4) is 0 Å². The van der Waals surface area contributed by atoms with Crippen molar-refractivity contribution in [3.05, 3.63) is 101 Å². The number of anilines is 1. The van der Waals surface area contributed by atoms with Gasteiger partial charge < -0.3 is 19.1 Å². The molecule has 0 spiro atoms. The molecule has 4 aromatic rings. The summed E-state index contributed by atoms with van der Waals surface area (Å²) in [7, 11) is 7.48. The minimum Gasteiger partial charge on any atom is -0.497 e. The molecule has 1 unspecified atom stereocenters. The fraction of sp³-hybridized carbons (Fsp3) is 0.250. The van der Waals surface area contributed by atoms with Gasteiger partial charge in [0, 0.05) is 53.3 Å². The summed E-state index contributed by atoms with van der Waals surface area (Å²) in [4.78, 5) is 2.10. The molecule has 0 aromatic heterocycles. The highest BCUT2D eigenvalue weighted by Gasteiger charge is 2.38. The van der Waals surface area contributed by atoms with E-state index in [4.69, 9.17) is 14.2 Å². The number of fused-ring (bicyclic) bond motifs is 3.